The van der Waals surface area contributed by atoms with Crippen LogP contribution in [0.1, 0.15) is 29.6 Å². The van der Waals surface area contributed by atoms with E-state index >= 15 is 0 Å². The number of furan rings is 1. The van der Waals surface area contributed by atoms with Gasteiger partial charge in [0.25, 0.3) is 5.91 Å². The minimum atomic E-state index is -0.330. The van der Waals surface area contributed by atoms with Crippen LogP contribution in [-0.2, 0) is 14.3 Å². The van der Waals surface area contributed by atoms with E-state index in [1.54, 1.807) is 6.07 Å². The first-order valence-electron chi connectivity index (χ1n) is 9.39. The summed E-state index contributed by atoms with van der Waals surface area (Å²) < 4.78 is 10.0. The Hall–Kier alpha value is -2.31. The maximum Gasteiger partial charge on any atom is 0.306 e. The molecule has 6 rings (SSSR count). The molecule has 0 aromatic carbocycles. The lowest BCUT2D eigenvalue weighted by Gasteiger charge is -2.51. The molecule has 4 aliphatic heterocycles. The Balaban J connectivity index is 1.33. The molecule has 0 N–H and O–H groups in total. The van der Waals surface area contributed by atoms with Gasteiger partial charge in [0.15, 0.2) is 0 Å². The van der Waals surface area contributed by atoms with Gasteiger partial charge in [-0.2, -0.15) is 0 Å². The molecule has 2 bridgehead atoms. The predicted molar refractivity (Wildman–Crippen MR) is 88.9 cm³/mol. The summed E-state index contributed by atoms with van der Waals surface area (Å²) in [6, 6.07) is 1.90. The molecule has 2 amide bonds. The molecule has 5 unspecified atom stereocenters. The molecule has 0 spiro atoms. The van der Waals surface area contributed by atoms with E-state index in [2.05, 4.69) is 0 Å². The van der Waals surface area contributed by atoms with E-state index in [0.717, 1.165) is 25.9 Å². The summed E-state index contributed by atoms with van der Waals surface area (Å²) in [5.41, 5.74) is 0.599. The monoisotopic (exact) mass is 358 g/mol. The average Bonchev–Trinajstić information content (AvgIpc) is 3.40. The van der Waals surface area contributed by atoms with Crippen LogP contribution >= 0.6 is 0 Å². The lowest BCUT2D eigenvalue weighted by atomic mass is 9.66. The van der Waals surface area contributed by atoms with Gasteiger partial charge >= 0.3 is 5.97 Å². The summed E-state index contributed by atoms with van der Waals surface area (Å²) in [7, 11) is 0. The van der Waals surface area contributed by atoms with Crippen LogP contribution in [0, 0.1) is 23.7 Å². The van der Waals surface area contributed by atoms with Gasteiger partial charge in [-0.1, -0.05) is 0 Å². The lowest BCUT2D eigenvalue weighted by molar-refractivity contribution is -0.138. The number of carbonyl (C=O) groups is 3. The summed E-state index contributed by atoms with van der Waals surface area (Å²) in [5, 5.41) is 0. The number of nitrogens with zero attached hydrogens (tertiary/aromatic N) is 2. The van der Waals surface area contributed by atoms with Crippen LogP contribution in [0.3, 0.4) is 0 Å². The zero-order valence-corrected chi connectivity index (χ0v) is 14.5. The van der Waals surface area contributed by atoms with Crippen LogP contribution in [-0.4, -0.2) is 59.9 Å². The average molecular weight is 358 g/mol. The molecule has 4 saturated heterocycles. The number of hydrogen-bond donors (Lipinski definition) is 0. The minimum absolute atomic E-state index is 0.0338. The van der Waals surface area contributed by atoms with Crippen molar-refractivity contribution >= 4 is 17.8 Å². The first-order valence-corrected chi connectivity index (χ1v) is 9.39. The summed E-state index contributed by atoms with van der Waals surface area (Å²) >= 11 is 0. The van der Waals surface area contributed by atoms with Crippen LogP contribution in [0.2, 0.25) is 0 Å². The van der Waals surface area contributed by atoms with Gasteiger partial charge in [0.05, 0.1) is 24.2 Å². The molecule has 138 valence electrons. The van der Waals surface area contributed by atoms with E-state index in [1.165, 1.54) is 12.5 Å². The molecule has 0 radical (unpaired) electrons. The maximum absolute atomic E-state index is 12.8. The van der Waals surface area contributed by atoms with Gasteiger partial charge in [-0.25, -0.2) is 0 Å². The first-order chi connectivity index (χ1) is 12.6. The summed E-state index contributed by atoms with van der Waals surface area (Å²) in [6.45, 7) is 2.41. The number of hydrogen-bond acceptors (Lipinski definition) is 5. The quantitative estimate of drug-likeness (QED) is 0.741. The molecule has 5 atom stereocenters. The molecular weight excluding hydrogens is 336 g/mol. The van der Waals surface area contributed by atoms with Gasteiger partial charge < -0.3 is 19.0 Å². The number of likely N-dealkylation sites (tertiary alicyclic amines) is 1. The highest BCUT2D eigenvalue weighted by molar-refractivity contribution is 5.94. The Labute approximate surface area is 151 Å². The molecule has 7 heteroatoms. The number of amides is 2. The Bertz CT molecular complexity index is 745. The zero-order valence-electron chi connectivity index (χ0n) is 14.5. The fourth-order valence-corrected chi connectivity index (χ4v) is 5.47. The minimum Gasteiger partial charge on any atom is -0.472 e. The Kier molecular flexibility index (Phi) is 3.58. The van der Waals surface area contributed by atoms with E-state index in [9.17, 15) is 14.4 Å². The molecule has 1 aliphatic carbocycles. The number of ether oxygens (including phenoxy) is 1. The van der Waals surface area contributed by atoms with Crippen molar-refractivity contribution in [3.8, 4) is 0 Å². The third-order valence-corrected chi connectivity index (χ3v) is 6.73. The topological polar surface area (TPSA) is 80.1 Å². The van der Waals surface area contributed by atoms with Crippen LogP contribution in [0.15, 0.2) is 23.0 Å². The number of esters is 1. The molecule has 5 fully saturated rings. The molecular formula is C19H22N2O5. The fourth-order valence-electron chi connectivity index (χ4n) is 5.47. The number of carbonyl (C=O) groups excluding carboxylic acids is 3. The van der Waals surface area contributed by atoms with E-state index in [4.69, 9.17) is 9.15 Å². The van der Waals surface area contributed by atoms with Crippen molar-refractivity contribution in [2.75, 3.05) is 26.2 Å². The smallest absolute Gasteiger partial charge is 0.306 e. The number of fused-ring (bicyclic) bond motifs is 2. The molecule has 7 nitrogen and oxygen atoms in total. The first kappa shape index (κ1) is 15.9. The van der Waals surface area contributed by atoms with Crippen molar-refractivity contribution in [1.29, 1.82) is 0 Å². The summed E-state index contributed by atoms with van der Waals surface area (Å²) in [5.74, 6) is 0.703. The molecule has 5 aliphatic rings. The number of piperidine rings is 2. The molecule has 1 saturated carbocycles. The second-order valence-electron chi connectivity index (χ2n) is 8.03. The van der Waals surface area contributed by atoms with E-state index < -0.39 is 0 Å². The van der Waals surface area contributed by atoms with Gasteiger partial charge in [0, 0.05) is 31.6 Å². The van der Waals surface area contributed by atoms with E-state index in [-0.39, 0.29) is 42.8 Å². The van der Waals surface area contributed by atoms with E-state index in [0.29, 0.717) is 29.9 Å². The Morgan fingerprint density at radius 1 is 1.12 bits per heavy atom. The van der Waals surface area contributed by atoms with E-state index in [1.807, 2.05) is 9.80 Å². The van der Waals surface area contributed by atoms with Crippen LogP contribution in [0.4, 0.5) is 0 Å². The predicted octanol–water partition coefficient (Wildman–Crippen LogP) is 1.15. The highest BCUT2D eigenvalue weighted by atomic mass is 16.5. The van der Waals surface area contributed by atoms with Gasteiger partial charge in [-0.15, -0.1) is 0 Å². The number of rotatable bonds is 2. The van der Waals surface area contributed by atoms with Gasteiger partial charge in [0.1, 0.15) is 12.9 Å². The van der Waals surface area contributed by atoms with Crippen molar-refractivity contribution < 1.29 is 23.5 Å². The fraction of sp³-hybridized carbons (Fsp3) is 0.632. The zero-order chi connectivity index (χ0) is 17.8. The van der Waals surface area contributed by atoms with Gasteiger partial charge in [-0.05, 0) is 30.7 Å². The molecule has 1 aromatic heterocycles. The van der Waals surface area contributed by atoms with Gasteiger partial charge in [0.2, 0.25) is 5.91 Å². The Morgan fingerprint density at radius 3 is 2.69 bits per heavy atom. The summed E-state index contributed by atoms with van der Waals surface area (Å²) in [4.78, 5) is 40.8. The standard InChI is InChI=1S/C19H22N2O5/c22-17-5-13(10-26-17)18(23)20-7-14-11-1-2-16(15(14)8-20)21(6-11)19(24)12-3-4-25-9-12/h3-4,9,11,13-16H,1-2,5-8,10H2. The van der Waals surface area contributed by atoms with Crippen molar-refractivity contribution in [2.24, 2.45) is 23.7 Å². The second kappa shape index (κ2) is 5.86. The number of cyclic esters (lactones) is 1. The van der Waals surface area contributed by atoms with Crippen molar-refractivity contribution in [1.82, 2.24) is 9.80 Å². The van der Waals surface area contributed by atoms with Crippen molar-refractivity contribution in [3.63, 3.8) is 0 Å². The third-order valence-electron chi connectivity index (χ3n) is 6.73. The van der Waals surface area contributed by atoms with Crippen molar-refractivity contribution in [2.45, 2.75) is 25.3 Å². The van der Waals surface area contributed by atoms with Crippen molar-refractivity contribution in [3.05, 3.63) is 24.2 Å². The Morgan fingerprint density at radius 2 is 1.96 bits per heavy atom. The second-order valence-corrected chi connectivity index (χ2v) is 8.03. The van der Waals surface area contributed by atoms with Crippen LogP contribution in [0.5, 0.6) is 0 Å². The SMILES string of the molecule is O=C1CC(C(=O)N2CC3C4CCC(C3C2)N(C(=O)c2ccoc2)C4)CO1. The van der Waals surface area contributed by atoms with Gasteiger partial charge in [-0.3, -0.25) is 14.4 Å². The van der Waals surface area contributed by atoms with Crippen LogP contribution in [0.25, 0.3) is 0 Å². The lowest BCUT2D eigenvalue weighted by Crippen LogP contribution is -2.59. The highest BCUT2D eigenvalue weighted by Crippen LogP contribution is 2.47. The third kappa shape index (κ3) is 2.36. The summed E-state index contributed by atoms with van der Waals surface area (Å²) in [6.07, 6.45) is 5.35. The molecule has 1 aromatic rings. The normalized spacial score (nSPS) is 35.5. The van der Waals surface area contributed by atoms with Crippen LogP contribution < -0.4 is 0 Å². The highest BCUT2D eigenvalue weighted by Gasteiger charge is 2.54. The maximum atomic E-state index is 12.8. The largest absolute Gasteiger partial charge is 0.472 e. The molecule has 5 heterocycles. The molecule has 26 heavy (non-hydrogen) atoms.